The number of ether oxygens (including phenoxy) is 2. The van der Waals surface area contributed by atoms with Gasteiger partial charge in [0.25, 0.3) is 5.91 Å². The second-order valence-corrected chi connectivity index (χ2v) is 8.20. The molecule has 3 aromatic rings. The topological polar surface area (TPSA) is 124 Å². The van der Waals surface area contributed by atoms with Gasteiger partial charge in [0.1, 0.15) is 17.1 Å². The van der Waals surface area contributed by atoms with E-state index in [1.165, 1.54) is 0 Å². The number of benzene rings is 2. The molecular weight excluding hydrogens is 422 g/mol. The number of para-hydroxylation sites is 1. The van der Waals surface area contributed by atoms with E-state index in [9.17, 15) is 14.7 Å². The molecule has 33 heavy (non-hydrogen) atoms. The first kappa shape index (κ1) is 22.4. The van der Waals surface area contributed by atoms with Crippen molar-refractivity contribution in [1.82, 2.24) is 10.3 Å². The minimum atomic E-state index is -1.11. The molecule has 0 saturated heterocycles. The molecule has 1 aliphatic rings. The van der Waals surface area contributed by atoms with E-state index in [1.54, 1.807) is 19.1 Å². The Morgan fingerprint density at radius 1 is 1.09 bits per heavy atom. The Kier molecular flexibility index (Phi) is 6.63. The third-order valence-corrected chi connectivity index (χ3v) is 5.85. The normalized spacial score (nSPS) is 18.0. The summed E-state index contributed by atoms with van der Waals surface area (Å²) < 4.78 is 11.7. The predicted molar refractivity (Wildman–Crippen MR) is 125 cm³/mol. The molecule has 4 N–H and O–H groups in total. The van der Waals surface area contributed by atoms with E-state index in [4.69, 9.17) is 15.2 Å². The van der Waals surface area contributed by atoms with E-state index in [1.807, 2.05) is 36.4 Å². The molecule has 0 bridgehead atoms. The van der Waals surface area contributed by atoms with Crippen LogP contribution in [-0.2, 0) is 4.79 Å². The predicted octanol–water partition coefficient (Wildman–Crippen LogP) is 3.71. The Labute approximate surface area is 191 Å². The van der Waals surface area contributed by atoms with Gasteiger partial charge in [-0.25, -0.2) is 4.79 Å². The van der Waals surface area contributed by atoms with Gasteiger partial charge in [0.15, 0.2) is 6.61 Å². The van der Waals surface area contributed by atoms with Crippen molar-refractivity contribution >= 4 is 28.5 Å². The third kappa shape index (κ3) is 5.16. The van der Waals surface area contributed by atoms with Crippen LogP contribution in [0, 0.1) is 6.92 Å². The van der Waals surface area contributed by atoms with E-state index < -0.39 is 5.97 Å². The smallest absolute Gasteiger partial charge is 0.339 e. The van der Waals surface area contributed by atoms with Crippen LogP contribution in [0.2, 0.25) is 0 Å². The van der Waals surface area contributed by atoms with Crippen LogP contribution in [-0.4, -0.2) is 40.7 Å². The van der Waals surface area contributed by atoms with Crippen LogP contribution in [0.4, 0.5) is 5.69 Å². The third-order valence-electron chi connectivity index (χ3n) is 5.85. The highest BCUT2D eigenvalue weighted by Crippen LogP contribution is 2.35. The zero-order valence-corrected chi connectivity index (χ0v) is 18.4. The highest BCUT2D eigenvalue weighted by molar-refractivity contribution is 6.06. The van der Waals surface area contributed by atoms with Crippen LogP contribution < -0.4 is 20.5 Å². The van der Waals surface area contributed by atoms with Gasteiger partial charge in [-0.15, -0.1) is 0 Å². The fourth-order valence-corrected chi connectivity index (χ4v) is 4.25. The summed E-state index contributed by atoms with van der Waals surface area (Å²) in [4.78, 5) is 28.2. The van der Waals surface area contributed by atoms with Crippen molar-refractivity contribution in [2.75, 3.05) is 12.3 Å². The maximum Gasteiger partial charge on any atom is 0.339 e. The van der Waals surface area contributed by atoms with Crippen LogP contribution in [0.3, 0.4) is 0 Å². The number of aromatic carboxylic acids is 1. The van der Waals surface area contributed by atoms with Gasteiger partial charge in [0, 0.05) is 6.04 Å². The minimum absolute atomic E-state index is 0.00249. The van der Waals surface area contributed by atoms with Crippen molar-refractivity contribution in [2.24, 2.45) is 0 Å². The average molecular weight is 450 g/mol. The molecule has 0 atom stereocenters. The van der Waals surface area contributed by atoms with Gasteiger partial charge in [-0.2, -0.15) is 0 Å². The highest BCUT2D eigenvalue weighted by atomic mass is 16.5. The van der Waals surface area contributed by atoms with Crippen molar-refractivity contribution in [1.29, 1.82) is 0 Å². The highest BCUT2D eigenvalue weighted by Gasteiger charge is 2.25. The van der Waals surface area contributed by atoms with E-state index in [2.05, 4.69) is 10.3 Å². The largest absolute Gasteiger partial charge is 0.490 e. The molecule has 0 radical (unpaired) electrons. The number of nitrogen functional groups attached to an aromatic ring is 1. The molecule has 8 heteroatoms. The standard InChI is InChI=1S/C25H27N3O5/c1-15-22(25(30)31)24(26)23-19(27-15)8-5-9-20(23)33-18-12-10-16(11-13-18)28-21(29)14-32-17-6-3-2-4-7-17/h2-9,16,18H,10-14H2,1H3,(H2,26,27)(H,28,29)(H,30,31)/t16-,18-. The molecule has 8 nitrogen and oxygen atoms in total. The first-order valence-corrected chi connectivity index (χ1v) is 11.0. The van der Waals surface area contributed by atoms with Crippen molar-refractivity contribution in [3.8, 4) is 11.5 Å². The Bertz CT molecular complexity index is 1160. The summed E-state index contributed by atoms with van der Waals surface area (Å²) in [6.07, 6.45) is 3.01. The fourth-order valence-electron chi connectivity index (χ4n) is 4.25. The quantitative estimate of drug-likeness (QED) is 0.502. The van der Waals surface area contributed by atoms with Gasteiger partial charge in [-0.05, 0) is 56.9 Å². The van der Waals surface area contributed by atoms with Crippen molar-refractivity contribution in [3.63, 3.8) is 0 Å². The van der Waals surface area contributed by atoms with E-state index in [0.717, 1.165) is 25.7 Å². The van der Waals surface area contributed by atoms with Crippen LogP contribution in [0.25, 0.3) is 10.9 Å². The number of carbonyl (C=O) groups is 2. The molecule has 0 spiro atoms. The maximum atomic E-state index is 12.2. The van der Waals surface area contributed by atoms with Gasteiger partial charge in [0.2, 0.25) is 0 Å². The SMILES string of the molecule is Cc1nc2cccc(O[C@H]3CC[C@H](NC(=O)COc4ccccc4)CC3)c2c(N)c1C(=O)O. The fraction of sp³-hybridized carbons (Fsp3) is 0.320. The molecule has 0 aliphatic heterocycles. The summed E-state index contributed by atoms with van der Waals surface area (Å²) in [6.45, 7) is 1.61. The lowest BCUT2D eigenvalue weighted by atomic mass is 9.93. The molecule has 1 saturated carbocycles. The molecule has 1 amide bonds. The maximum absolute atomic E-state index is 12.2. The summed E-state index contributed by atoms with van der Waals surface area (Å²) in [5.74, 6) is -0.0620. The number of aryl methyl sites for hydroxylation is 1. The van der Waals surface area contributed by atoms with Gasteiger partial charge in [0.05, 0.1) is 28.4 Å². The summed E-state index contributed by atoms with van der Waals surface area (Å²) in [6, 6.07) is 14.7. The monoisotopic (exact) mass is 449 g/mol. The molecule has 1 aliphatic carbocycles. The van der Waals surface area contributed by atoms with Crippen LogP contribution in [0.1, 0.15) is 41.7 Å². The first-order valence-electron chi connectivity index (χ1n) is 11.0. The van der Waals surface area contributed by atoms with Crippen LogP contribution in [0.15, 0.2) is 48.5 Å². The molecule has 172 valence electrons. The number of nitrogens with zero attached hydrogens (tertiary/aromatic N) is 1. The molecular formula is C25H27N3O5. The van der Waals surface area contributed by atoms with Crippen molar-refractivity contribution in [2.45, 2.75) is 44.8 Å². The van der Waals surface area contributed by atoms with Gasteiger partial charge in [-0.3, -0.25) is 9.78 Å². The Morgan fingerprint density at radius 3 is 2.52 bits per heavy atom. The number of rotatable bonds is 7. The number of pyridine rings is 1. The van der Waals surface area contributed by atoms with Gasteiger partial charge >= 0.3 is 5.97 Å². The number of hydrogen-bond donors (Lipinski definition) is 3. The molecule has 2 aromatic carbocycles. The zero-order valence-electron chi connectivity index (χ0n) is 18.4. The number of carbonyl (C=O) groups excluding carboxylic acids is 1. The first-order chi connectivity index (χ1) is 15.9. The number of nitrogens with one attached hydrogen (secondary N) is 1. The Balaban J connectivity index is 1.36. The molecule has 1 fully saturated rings. The number of anilines is 1. The summed E-state index contributed by atoms with van der Waals surface area (Å²) >= 11 is 0. The van der Waals surface area contributed by atoms with Crippen molar-refractivity contribution in [3.05, 3.63) is 59.8 Å². The second-order valence-electron chi connectivity index (χ2n) is 8.20. The van der Waals surface area contributed by atoms with Crippen LogP contribution in [0.5, 0.6) is 11.5 Å². The lowest BCUT2D eigenvalue weighted by Crippen LogP contribution is -2.41. The summed E-state index contributed by atoms with van der Waals surface area (Å²) in [5, 5.41) is 13.1. The van der Waals surface area contributed by atoms with Gasteiger partial charge in [-0.1, -0.05) is 24.3 Å². The van der Waals surface area contributed by atoms with E-state index in [0.29, 0.717) is 28.1 Å². The molecule has 1 heterocycles. The minimum Gasteiger partial charge on any atom is -0.490 e. The Morgan fingerprint density at radius 2 is 1.82 bits per heavy atom. The number of aromatic nitrogens is 1. The Hall–Kier alpha value is -3.81. The number of hydrogen-bond acceptors (Lipinski definition) is 6. The zero-order chi connectivity index (χ0) is 23.4. The molecule has 4 rings (SSSR count). The number of carboxylic acids is 1. The second kappa shape index (κ2) is 9.77. The molecule has 1 aromatic heterocycles. The lowest BCUT2D eigenvalue weighted by molar-refractivity contribution is -0.124. The number of nitrogens with two attached hydrogens (primary N) is 1. The lowest BCUT2D eigenvalue weighted by Gasteiger charge is -2.30. The van der Waals surface area contributed by atoms with Crippen LogP contribution >= 0.6 is 0 Å². The molecule has 0 unspecified atom stereocenters. The van der Waals surface area contributed by atoms with Gasteiger partial charge < -0.3 is 25.6 Å². The summed E-state index contributed by atoms with van der Waals surface area (Å²) in [7, 11) is 0. The van der Waals surface area contributed by atoms with Crippen molar-refractivity contribution < 1.29 is 24.2 Å². The number of carboxylic acid groups (broad SMARTS) is 1. The van der Waals surface area contributed by atoms with E-state index >= 15 is 0 Å². The summed E-state index contributed by atoms with van der Waals surface area (Å²) in [5.41, 5.74) is 7.36. The average Bonchev–Trinajstić information content (AvgIpc) is 2.79. The van der Waals surface area contributed by atoms with E-state index in [-0.39, 0.29) is 35.9 Å². The number of fused-ring (bicyclic) bond motifs is 1. The number of amides is 1.